The van der Waals surface area contributed by atoms with Gasteiger partial charge in [0.05, 0.1) is 6.10 Å². The molecule has 1 fully saturated rings. The van der Waals surface area contributed by atoms with E-state index in [-0.39, 0.29) is 6.09 Å². The van der Waals surface area contributed by atoms with Crippen molar-refractivity contribution >= 4 is 6.09 Å². The maximum Gasteiger partial charge on any atom is 0.407 e. The summed E-state index contributed by atoms with van der Waals surface area (Å²) in [6.45, 7) is 9.16. The van der Waals surface area contributed by atoms with E-state index in [4.69, 9.17) is 9.47 Å². The number of carbonyl (C=O) groups is 1. The van der Waals surface area contributed by atoms with Crippen molar-refractivity contribution in [2.75, 3.05) is 33.3 Å². The van der Waals surface area contributed by atoms with Crippen molar-refractivity contribution in [2.45, 2.75) is 45.3 Å². The third-order valence-corrected chi connectivity index (χ3v) is 2.96. The van der Waals surface area contributed by atoms with Gasteiger partial charge in [0.15, 0.2) is 0 Å². The van der Waals surface area contributed by atoms with Crippen molar-refractivity contribution < 1.29 is 14.3 Å². The zero-order valence-corrected chi connectivity index (χ0v) is 12.0. The predicted molar refractivity (Wildman–Crippen MR) is 70.7 cm³/mol. The van der Waals surface area contributed by atoms with Gasteiger partial charge >= 0.3 is 6.09 Å². The molecule has 0 atom stereocenters. The number of likely N-dealkylation sites (tertiary alicyclic amines) is 1. The van der Waals surface area contributed by atoms with Gasteiger partial charge in [-0.25, -0.2) is 4.79 Å². The van der Waals surface area contributed by atoms with Crippen LogP contribution < -0.4 is 5.32 Å². The Morgan fingerprint density at radius 2 is 1.94 bits per heavy atom. The number of piperidine rings is 1. The van der Waals surface area contributed by atoms with Gasteiger partial charge in [0.1, 0.15) is 5.60 Å². The molecule has 1 aliphatic rings. The number of hydrogen-bond donors (Lipinski definition) is 1. The van der Waals surface area contributed by atoms with Crippen LogP contribution in [0.25, 0.3) is 0 Å². The normalized spacial score (nSPS) is 18.7. The van der Waals surface area contributed by atoms with Crippen LogP contribution in [0.2, 0.25) is 0 Å². The highest BCUT2D eigenvalue weighted by Crippen LogP contribution is 2.12. The van der Waals surface area contributed by atoms with E-state index in [0.29, 0.717) is 12.6 Å². The van der Waals surface area contributed by atoms with Crippen LogP contribution in [0, 0.1) is 0 Å². The molecule has 0 unspecified atom stereocenters. The molecule has 0 aromatic heterocycles. The number of amides is 1. The van der Waals surface area contributed by atoms with Crippen molar-refractivity contribution in [1.82, 2.24) is 10.2 Å². The molecule has 1 N–H and O–H groups in total. The van der Waals surface area contributed by atoms with Gasteiger partial charge in [-0.05, 0) is 33.6 Å². The quantitative estimate of drug-likeness (QED) is 0.832. The van der Waals surface area contributed by atoms with Crippen LogP contribution in [0.15, 0.2) is 0 Å². The highest BCUT2D eigenvalue weighted by Gasteiger charge is 2.19. The second-order valence-corrected chi connectivity index (χ2v) is 5.71. The van der Waals surface area contributed by atoms with Crippen LogP contribution in [-0.4, -0.2) is 56.0 Å². The molecular weight excluding hydrogens is 232 g/mol. The fraction of sp³-hybridized carbons (Fsp3) is 0.923. The fourth-order valence-corrected chi connectivity index (χ4v) is 2.00. The Hall–Kier alpha value is -0.810. The van der Waals surface area contributed by atoms with Crippen LogP contribution in [0.3, 0.4) is 0 Å². The Bertz CT molecular complexity index is 255. The summed E-state index contributed by atoms with van der Waals surface area (Å²) in [6, 6.07) is 0. The van der Waals surface area contributed by atoms with Crippen LogP contribution >= 0.6 is 0 Å². The van der Waals surface area contributed by atoms with Gasteiger partial charge in [-0.15, -0.1) is 0 Å². The Labute approximate surface area is 110 Å². The van der Waals surface area contributed by atoms with Gasteiger partial charge < -0.3 is 19.7 Å². The third kappa shape index (κ3) is 6.21. The zero-order valence-electron chi connectivity index (χ0n) is 12.0. The minimum Gasteiger partial charge on any atom is -0.444 e. The van der Waals surface area contributed by atoms with Crippen molar-refractivity contribution in [1.29, 1.82) is 0 Å². The molecule has 1 saturated heterocycles. The number of alkyl carbamates (subject to hydrolysis) is 1. The first-order chi connectivity index (χ1) is 8.40. The number of methoxy groups -OCH3 is 1. The molecule has 0 bridgehead atoms. The van der Waals surface area contributed by atoms with E-state index in [0.717, 1.165) is 32.5 Å². The second-order valence-electron chi connectivity index (χ2n) is 5.71. The van der Waals surface area contributed by atoms with Crippen LogP contribution in [-0.2, 0) is 9.47 Å². The Morgan fingerprint density at radius 1 is 1.33 bits per heavy atom. The Balaban J connectivity index is 2.10. The van der Waals surface area contributed by atoms with E-state index >= 15 is 0 Å². The lowest BCUT2D eigenvalue weighted by Gasteiger charge is -2.31. The maximum absolute atomic E-state index is 11.4. The lowest BCUT2D eigenvalue weighted by molar-refractivity contribution is 0.0386. The molecular formula is C13H26N2O3. The minimum atomic E-state index is -0.430. The first-order valence-corrected chi connectivity index (χ1v) is 6.63. The summed E-state index contributed by atoms with van der Waals surface area (Å²) in [7, 11) is 1.77. The number of nitrogens with zero attached hydrogens (tertiary/aromatic N) is 1. The summed E-state index contributed by atoms with van der Waals surface area (Å²) < 4.78 is 10.5. The molecule has 5 nitrogen and oxygen atoms in total. The van der Waals surface area contributed by atoms with Crippen molar-refractivity contribution in [3.8, 4) is 0 Å². The summed E-state index contributed by atoms with van der Waals surface area (Å²) in [5.74, 6) is 0. The Morgan fingerprint density at radius 3 is 2.44 bits per heavy atom. The molecule has 1 rings (SSSR count). The minimum absolute atomic E-state index is 0.339. The van der Waals surface area contributed by atoms with Gasteiger partial charge in [0.25, 0.3) is 0 Å². The van der Waals surface area contributed by atoms with Crippen LogP contribution in [0.1, 0.15) is 33.6 Å². The molecule has 0 aliphatic carbocycles. The first kappa shape index (κ1) is 15.2. The number of nitrogens with one attached hydrogen (secondary N) is 1. The van der Waals surface area contributed by atoms with E-state index in [1.807, 2.05) is 20.8 Å². The molecule has 0 aromatic carbocycles. The lowest BCUT2D eigenvalue weighted by Crippen LogP contribution is -2.42. The van der Waals surface area contributed by atoms with E-state index in [1.165, 1.54) is 0 Å². The van der Waals surface area contributed by atoms with E-state index in [1.54, 1.807) is 7.11 Å². The van der Waals surface area contributed by atoms with Gasteiger partial charge in [0, 0.05) is 33.3 Å². The molecule has 1 amide bonds. The van der Waals surface area contributed by atoms with E-state index in [9.17, 15) is 4.79 Å². The third-order valence-electron chi connectivity index (χ3n) is 2.96. The highest BCUT2D eigenvalue weighted by atomic mass is 16.6. The number of rotatable bonds is 4. The van der Waals surface area contributed by atoms with Crippen LogP contribution in [0.4, 0.5) is 4.79 Å². The average molecular weight is 258 g/mol. The van der Waals surface area contributed by atoms with E-state index < -0.39 is 5.60 Å². The molecule has 0 aromatic rings. The first-order valence-electron chi connectivity index (χ1n) is 6.63. The lowest BCUT2D eigenvalue weighted by atomic mass is 10.1. The molecule has 18 heavy (non-hydrogen) atoms. The molecule has 1 aliphatic heterocycles. The fourth-order valence-electron chi connectivity index (χ4n) is 2.00. The van der Waals surface area contributed by atoms with Crippen molar-refractivity contribution in [3.05, 3.63) is 0 Å². The predicted octanol–water partition coefficient (Wildman–Crippen LogP) is 1.62. The monoisotopic (exact) mass is 258 g/mol. The topological polar surface area (TPSA) is 50.8 Å². The Kier molecular flexibility index (Phi) is 5.88. The van der Waals surface area contributed by atoms with E-state index in [2.05, 4.69) is 10.2 Å². The molecule has 5 heteroatoms. The maximum atomic E-state index is 11.4. The molecule has 0 saturated carbocycles. The number of ether oxygens (including phenoxy) is 2. The molecule has 0 spiro atoms. The molecule has 0 radical (unpaired) electrons. The molecule has 106 valence electrons. The largest absolute Gasteiger partial charge is 0.444 e. The summed E-state index contributed by atoms with van der Waals surface area (Å²) in [6.07, 6.45) is 2.21. The van der Waals surface area contributed by atoms with Gasteiger partial charge in [-0.2, -0.15) is 0 Å². The molecule has 1 heterocycles. The van der Waals surface area contributed by atoms with Gasteiger partial charge in [-0.1, -0.05) is 0 Å². The second kappa shape index (κ2) is 6.95. The van der Waals surface area contributed by atoms with Crippen LogP contribution in [0.5, 0.6) is 0 Å². The smallest absolute Gasteiger partial charge is 0.407 e. The van der Waals surface area contributed by atoms with Crippen molar-refractivity contribution in [3.63, 3.8) is 0 Å². The SMILES string of the molecule is COC1CCN(CCNC(=O)OC(C)(C)C)CC1. The summed E-state index contributed by atoms with van der Waals surface area (Å²) in [5.41, 5.74) is -0.430. The zero-order chi connectivity index (χ0) is 13.6. The average Bonchev–Trinajstić information content (AvgIpc) is 2.27. The summed E-state index contributed by atoms with van der Waals surface area (Å²) in [4.78, 5) is 13.8. The van der Waals surface area contributed by atoms with Crippen molar-refractivity contribution in [2.24, 2.45) is 0 Å². The van der Waals surface area contributed by atoms with Gasteiger partial charge in [-0.3, -0.25) is 0 Å². The standard InChI is InChI=1S/C13H26N2O3/c1-13(2,3)18-12(16)14-7-10-15-8-5-11(17-4)6-9-15/h11H,5-10H2,1-4H3,(H,14,16). The number of hydrogen-bond acceptors (Lipinski definition) is 4. The van der Waals surface area contributed by atoms with Gasteiger partial charge in [0.2, 0.25) is 0 Å². The summed E-state index contributed by atoms with van der Waals surface area (Å²) >= 11 is 0. The number of carbonyl (C=O) groups excluding carboxylic acids is 1. The summed E-state index contributed by atoms with van der Waals surface area (Å²) in [5, 5.41) is 2.78. The highest BCUT2D eigenvalue weighted by molar-refractivity contribution is 5.67.